The number of carbonyl (C=O) groups is 1. The first kappa shape index (κ1) is 28.1. The average molecular weight is 625 g/mol. The van der Waals surface area contributed by atoms with Gasteiger partial charge in [0.25, 0.3) is 5.56 Å². The highest BCUT2D eigenvalue weighted by Crippen LogP contribution is 2.40. The highest BCUT2D eigenvalue weighted by molar-refractivity contribution is 8.02. The Bertz CT molecular complexity index is 1860. The van der Waals surface area contributed by atoms with E-state index in [1.54, 1.807) is 60.7 Å². The summed E-state index contributed by atoms with van der Waals surface area (Å²) in [5.74, 6) is -5.43. The molecule has 3 aromatic carbocycles. The van der Waals surface area contributed by atoms with Gasteiger partial charge in [0.2, 0.25) is 0 Å². The van der Waals surface area contributed by atoms with Gasteiger partial charge in [-0.05, 0) is 41.5 Å². The van der Waals surface area contributed by atoms with Gasteiger partial charge in [-0.1, -0.05) is 72.2 Å². The van der Waals surface area contributed by atoms with Gasteiger partial charge in [0.05, 0.1) is 28.8 Å². The largest absolute Gasteiger partial charge is 0.337 e. The molecule has 1 unspecified atom stereocenters. The standard InChI is InChI=1S/C30H21Cl2F2N5O2S/c1-16-35-25(38-42-16)15-30(33,34)29(41)39-24(17-6-10-19(31)11-7-17)14-23(37-39)27-26(18-8-12-20(32)13-9-18)21-4-2-3-5-22(21)36-28(27)40/h2-13,24H,1,14-15H2,(H,35,38)(H,36,40). The van der Waals surface area contributed by atoms with Crippen molar-refractivity contribution < 1.29 is 13.6 Å². The number of nitrogens with one attached hydrogen (secondary N) is 2. The van der Waals surface area contributed by atoms with E-state index in [1.165, 1.54) is 0 Å². The van der Waals surface area contributed by atoms with E-state index in [4.69, 9.17) is 23.2 Å². The summed E-state index contributed by atoms with van der Waals surface area (Å²) in [7, 11) is 0. The van der Waals surface area contributed by atoms with Crippen molar-refractivity contribution in [3.05, 3.63) is 116 Å². The Morgan fingerprint density at radius 3 is 2.36 bits per heavy atom. The molecule has 0 fully saturated rings. The second kappa shape index (κ2) is 11.0. The number of H-pyrrole nitrogens is 1. The van der Waals surface area contributed by atoms with Crippen LogP contribution in [0.2, 0.25) is 10.0 Å². The summed E-state index contributed by atoms with van der Waals surface area (Å²) in [6.07, 6.45) is -0.948. The number of carbonyl (C=O) groups excluding carboxylic acids is 1. The molecule has 1 atom stereocenters. The first-order valence-corrected chi connectivity index (χ1v) is 14.3. The predicted octanol–water partition coefficient (Wildman–Crippen LogP) is 7.33. The lowest BCUT2D eigenvalue weighted by Crippen LogP contribution is -2.43. The second-order valence-corrected chi connectivity index (χ2v) is 11.5. The molecule has 0 saturated carbocycles. The number of nitrogens with zero attached hydrogens (tertiary/aromatic N) is 3. The van der Waals surface area contributed by atoms with Gasteiger partial charge in [0.15, 0.2) is 0 Å². The van der Waals surface area contributed by atoms with Crippen molar-refractivity contribution in [1.29, 1.82) is 0 Å². The van der Waals surface area contributed by atoms with Crippen LogP contribution < -0.4 is 10.9 Å². The first-order chi connectivity index (χ1) is 20.1. The predicted molar refractivity (Wildman–Crippen MR) is 164 cm³/mol. The van der Waals surface area contributed by atoms with Gasteiger partial charge in [-0.2, -0.15) is 18.3 Å². The number of amidine groups is 1. The Morgan fingerprint density at radius 1 is 1.02 bits per heavy atom. The molecule has 4 aromatic rings. The number of aromatic nitrogens is 1. The van der Waals surface area contributed by atoms with Crippen molar-refractivity contribution >= 4 is 63.5 Å². The molecule has 2 aliphatic heterocycles. The van der Waals surface area contributed by atoms with Gasteiger partial charge in [-0.25, -0.2) is 5.01 Å². The molecule has 1 aromatic heterocycles. The molecular weight excluding hydrogens is 603 g/mol. The molecule has 2 aliphatic rings. The number of hydrazone groups is 1. The topological polar surface area (TPSA) is 89.9 Å². The molecular formula is C30H21Cl2F2N5O2S. The Kier molecular flexibility index (Phi) is 7.38. The van der Waals surface area contributed by atoms with Crippen molar-refractivity contribution in [2.45, 2.75) is 24.8 Å². The van der Waals surface area contributed by atoms with Crippen LogP contribution in [0.3, 0.4) is 0 Å². The van der Waals surface area contributed by atoms with E-state index in [0.29, 0.717) is 37.3 Å². The van der Waals surface area contributed by atoms with Crippen molar-refractivity contribution in [2.75, 3.05) is 0 Å². The monoisotopic (exact) mass is 623 g/mol. The van der Waals surface area contributed by atoms with Gasteiger partial charge in [0, 0.05) is 44.9 Å². The molecule has 42 heavy (non-hydrogen) atoms. The Hall–Kier alpha value is -3.99. The van der Waals surface area contributed by atoms with Crippen LogP contribution in [-0.4, -0.2) is 33.4 Å². The minimum absolute atomic E-state index is 0.0112. The van der Waals surface area contributed by atoms with E-state index in [1.807, 2.05) is 12.1 Å². The summed E-state index contributed by atoms with van der Waals surface area (Å²) in [6.45, 7) is 3.65. The molecule has 212 valence electrons. The molecule has 12 heteroatoms. The summed E-state index contributed by atoms with van der Waals surface area (Å²) >= 11 is 13.2. The Labute approximate surface area is 253 Å². The first-order valence-electron chi connectivity index (χ1n) is 12.8. The molecule has 0 saturated heterocycles. The fraction of sp³-hybridized carbons (Fsp3) is 0.133. The third kappa shape index (κ3) is 5.33. The average Bonchev–Trinajstić information content (AvgIpc) is 3.58. The zero-order valence-electron chi connectivity index (χ0n) is 21.7. The van der Waals surface area contributed by atoms with Crippen molar-refractivity contribution in [3.63, 3.8) is 0 Å². The molecule has 6 rings (SSSR count). The summed E-state index contributed by atoms with van der Waals surface area (Å²) in [5.41, 5.74) is 2.27. The fourth-order valence-electron chi connectivity index (χ4n) is 5.07. The molecule has 0 spiro atoms. The molecule has 7 nitrogen and oxygen atoms in total. The van der Waals surface area contributed by atoms with Crippen LogP contribution in [0, 0.1) is 0 Å². The fourth-order valence-corrected chi connectivity index (χ4v) is 5.82. The quantitative estimate of drug-likeness (QED) is 0.220. The third-order valence-corrected chi connectivity index (χ3v) is 8.11. The SMILES string of the molecule is C=C1NC(CC(F)(F)C(=O)N2N=C(c3c(-c4ccc(Cl)cc4)c4ccccc4[nH]c3=O)CC2c2ccc(Cl)cc2)=NS1. The van der Waals surface area contributed by atoms with Crippen LogP contribution in [0.4, 0.5) is 8.78 Å². The number of hydrogen-bond acceptors (Lipinski definition) is 6. The van der Waals surface area contributed by atoms with Crippen molar-refractivity contribution in [2.24, 2.45) is 9.50 Å². The normalized spacial score (nSPS) is 16.9. The van der Waals surface area contributed by atoms with Crippen LogP contribution >= 0.6 is 35.1 Å². The van der Waals surface area contributed by atoms with Gasteiger partial charge >= 0.3 is 11.8 Å². The lowest BCUT2D eigenvalue weighted by Gasteiger charge is -2.26. The number of benzene rings is 3. The molecule has 3 heterocycles. The van der Waals surface area contributed by atoms with Crippen LogP contribution in [0.5, 0.6) is 0 Å². The van der Waals surface area contributed by atoms with Crippen molar-refractivity contribution in [1.82, 2.24) is 15.3 Å². The lowest BCUT2D eigenvalue weighted by atomic mass is 9.91. The molecule has 0 aliphatic carbocycles. The van der Waals surface area contributed by atoms with Crippen LogP contribution in [-0.2, 0) is 4.79 Å². The maximum absolute atomic E-state index is 15.5. The van der Waals surface area contributed by atoms with Crippen molar-refractivity contribution in [3.8, 4) is 11.1 Å². The summed E-state index contributed by atoms with van der Waals surface area (Å²) in [5, 5.41) is 9.92. The Balaban J connectivity index is 1.49. The van der Waals surface area contributed by atoms with E-state index < -0.39 is 29.9 Å². The maximum atomic E-state index is 15.5. The lowest BCUT2D eigenvalue weighted by molar-refractivity contribution is -0.158. The number of hydrogen-bond donors (Lipinski definition) is 2. The Morgan fingerprint density at radius 2 is 1.69 bits per heavy atom. The number of aromatic amines is 1. The molecule has 1 amide bonds. The van der Waals surface area contributed by atoms with E-state index in [-0.39, 0.29) is 23.5 Å². The molecule has 0 radical (unpaired) electrons. The summed E-state index contributed by atoms with van der Waals surface area (Å²) < 4.78 is 34.9. The minimum Gasteiger partial charge on any atom is -0.337 e. The van der Waals surface area contributed by atoms with Crippen LogP contribution in [0.1, 0.15) is 30.0 Å². The zero-order chi connectivity index (χ0) is 29.6. The number of rotatable bonds is 6. The number of alkyl halides is 2. The maximum Gasteiger partial charge on any atom is 0.333 e. The summed E-state index contributed by atoms with van der Waals surface area (Å²) in [6, 6.07) is 19.8. The number of para-hydroxylation sites is 1. The van der Waals surface area contributed by atoms with Gasteiger partial charge < -0.3 is 10.3 Å². The van der Waals surface area contributed by atoms with E-state index in [0.717, 1.165) is 22.3 Å². The second-order valence-electron chi connectivity index (χ2n) is 9.78. The highest BCUT2D eigenvalue weighted by Gasteiger charge is 2.48. The summed E-state index contributed by atoms with van der Waals surface area (Å²) in [4.78, 5) is 30.0. The number of halogens is 4. The molecule has 2 N–H and O–H groups in total. The number of pyridine rings is 1. The van der Waals surface area contributed by atoms with E-state index in [9.17, 15) is 9.59 Å². The van der Waals surface area contributed by atoms with E-state index >= 15 is 8.78 Å². The van der Waals surface area contributed by atoms with Gasteiger partial charge in [-0.15, -0.1) is 0 Å². The number of fused-ring (bicyclic) bond motifs is 1. The van der Waals surface area contributed by atoms with Gasteiger partial charge in [0.1, 0.15) is 5.84 Å². The third-order valence-electron chi connectivity index (χ3n) is 6.97. The van der Waals surface area contributed by atoms with Crippen LogP contribution in [0.25, 0.3) is 22.0 Å². The minimum atomic E-state index is -3.85. The van der Waals surface area contributed by atoms with Gasteiger partial charge in [-0.3, -0.25) is 9.59 Å². The smallest absolute Gasteiger partial charge is 0.333 e. The van der Waals surface area contributed by atoms with Crippen LogP contribution in [0.15, 0.2) is 98.7 Å². The van der Waals surface area contributed by atoms with E-state index in [2.05, 4.69) is 26.4 Å². The molecule has 0 bridgehead atoms. The number of amides is 1. The highest BCUT2D eigenvalue weighted by atomic mass is 35.5. The zero-order valence-corrected chi connectivity index (χ0v) is 24.0.